The van der Waals surface area contributed by atoms with Crippen molar-refractivity contribution in [1.82, 2.24) is 14.8 Å². The summed E-state index contributed by atoms with van der Waals surface area (Å²) in [4.78, 5) is 34.8. The quantitative estimate of drug-likeness (QED) is 0.363. The van der Waals surface area contributed by atoms with Gasteiger partial charge < -0.3 is 24.8 Å². The van der Waals surface area contributed by atoms with E-state index >= 15 is 0 Å². The zero-order valence-corrected chi connectivity index (χ0v) is 22.5. The molecular weight excluding hydrogens is 484 g/mol. The summed E-state index contributed by atoms with van der Waals surface area (Å²) in [6, 6.07) is 14.1. The molecule has 2 aliphatic rings. The number of hydrogen-bond donors (Lipinski definition) is 2. The lowest BCUT2D eigenvalue weighted by molar-refractivity contribution is -0.110. The molecule has 0 atom stereocenters. The summed E-state index contributed by atoms with van der Waals surface area (Å²) < 4.78 is 5.33. The third-order valence-corrected chi connectivity index (χ3v) is 8.15. The maximum Gasteiger partial charge on any atom is 0.256 e. The highest BCUT2D eigenvalue weighted by Crippen LogP contribution is 2.37. The molecule has 2 N–H and O–H groups in total. The van der Waals surface area contributed by atoms with Crippen molar-refractivity contribution in [3.05, 3.63) is 76.1 Å². The number of rotatable bonds is 6. The van der Waals surface area contributed by atoms with Gasteiger partial charge in [0.1, 0.15) is 5.75 Å². The molecule has 0 bridgehead atoms. The van der Waals surface area contributed by atoms with Crippen molar-refractivity contribution in [2.24, 2.45) is 0 Å². The molecule has 7 nitrogen and oxygen atoms in total. The van der Waals surface area contributed by atoms with Gasteiger partial charge in [-0.15, -0.1) is 11.8 Å². The number of carbonyl (C=O) groups excluding carboxylic acids is 2. The number of nitrogens with zero attached hydrogens (tertiary/aromatic N) is 2. The van der Waals surface area contributed by atoms with Crippen molar-refractivity contribution in [2.75, 3.05) is 45.7 Å². The highest BCUT2D eigenvalue weighted by atomic mass is 32.2. The molecule has 2 amide bonds. The van der Waals surface area contributed by atoms with Gasteiger partial charge in [0, 0.05) is 59.5 Å². The summed E-state index contributed by atoms with van der Waals surface area (Å²) in [6.45, 7) is 7.08. The van der Waals surface area contributed by atoms with Crippen molar-refractivity contribution in [2.45, 2.75) is 24.5 Å². The van der Waals surface area contributed by atoms with Crippen LogP contribution in [0.4, 0.5) is 5.69 Å². The fourth-order valence-corrected chi connectivity index (χ4v) is 5.76. The second kappa shape index (κ2) is 10.5. The second-order valence-corrected chi connectivity index (χ2v) is 10.7. The molecular formula is C29H32N4O3S. The molecule has 5 rings (SSSR count). The third-order valence-electron chi connectivity index (χ3n) is 7.08. The lowest BCUT2D eigenvalue weighted by Gasteiger charge is -2.32. The number of benzene rings is 2. The maximum atomic E-state index is 13.3. The van der Waals surface area contributed by atoms with E-state index in [2.05, 4.69) is 34.4 Å². The van der Waals surface area contributed by atoms with E-state index in [1.165, 1.54) is 5.56 Å². The summed E-state index contributed by atoms with van der Waals surface area (Å²) in [7, 11) is 3.75. The lowest BCUT2D eigenvalue weighted by atomic mass is 10.0. The SMILES string of the molecule is COc1cccc(CSc2ccc3c(c2)/C(=C/c2[nH]c(C)c(C(=O)N4CCN(C)CC4)c2C)C(=O)N3)c1. The first-order valence-corrected chi connectivity index (χ1v) is 13.4. The first kappa shape index (κ1) is 25.2. The first-order valence-electron chi connectivity index (χ1n) is 12.4. The van der Waals surface area contributed by atoms with Gasteiger partial charge in [0.2, 0.25) is 0 Å². The highest BCUT2D eigenvalue weighted by molar-refractivity contribution is 7.98. The largest absolute Gasteiger partial charge is 0.497 e. The van der Waals surface area contributed by atoms with Crippen LogP contribution in [-0.2, 0) is 10.5 Å². The number of nitrogens with one attached hydrogen (secondary N) is 2. The summed E-state index contributed by atoms with van der Waals surface area (Å²) in [6.07, 6.45) is 1.88. The number of likely N-dealkylation sites (N-methyl/N-ethyl adjacent to an activating group) is 1. The number of methoxy groups -OCH3 is 1. The standard InChI is InChI=1S/C29H32N4O3S/c1-18-26(30-19(2)27(18)29(35)33-12-10-32(3)11-13-33)16-24-23-15-22(8-9-25(23)31-28(24)34)37-17-20-6-5-7-21(14-20)36-4/h5-9,14-16,30H,10-13,17H2,1-4H3,(H,31,34)/b24-16-. The van der Waals surface area contributed by atoms with Crippen LogP contribution in [0.2, 0.25) is 0 Å². The molecule has 8 heteroatoms. The summed E-state index contributed by atoms with van der Waals surface area (Å²) in [5, 5.41) is 2.98. The Hall–Kier alpha value is -3.49. The number of thioether (sulfide) groups is 1. The zero-order valence-electron chi connectivity index (χ0n) is 21.7. The number of ether oxygens (including phenoxy) is 1. The summed E-state index contributed by atoms with van der Waals surface area (Å²) in [5.74, 6) is 1.55. The highest BCUT2D eigenvalue weighted by Gasteiger charge is 2.28. The minimum atomic E-state index is -0.136. The fraction of sp³-hybridized carbons (Fsp3) is 0.310. The molecule has 3 heterocycles. The fourth-order valence-electron chi connectivity index (χ4n) is 4.88. The molecule has 192 valence electrons. The Kier molecular flexibility index (Phi) is 7.13. The van der Waals surface area contributed by atoms with E-state index < -0.39 is 0 Å². The van der Waals surface area contributed by atoms with Crippen LogP contribution in [0.25, 0.3) is 11.6 Å². The predicted molar refractivity (Wildman–Crippen MR) is 149 cm³/mol. The Morgan fingerprint density at radius 1 is 1.11 bits per heavy atom. The van der Waals surface area contributed by atoms with Crippen LogP contribution in [0.15, 0.2) is 47.4 Å². The monoisotopic (exact) mass is 516 g/mol. The van der Waals surface area contributed by atoms with Crippen LogP contribution >= 0.6 is 11.8 Å². The number of H-pyrrole nitrogens is 1. The van der Waals surface area contributed by atoms with Crippen molar-refractivity contribution in [3.63, 3.8) is 0 Å². The maximum absolute atomic E-state index is 13.3. The number of aromatic amines is 1. The number of hydrogen-bond acceptors (Lipinski definition) is 5. The number of carbonyl (C=O) groups is 2. The van der Waals surface area contributed by atoms with Gasteiger partial charge in [0.05, 0.1) is 18.2 Å². The summed E-state index contributed by atoms with van der Waals surface area (Å²) >= 11 is 1.71. The average molecular weight is 517 g/mol. The van der Waals surface area contributed by atoms with Crippen molar-refractivity contribution in [3.8, 4) is 5.75 Å². The van der Waals surface area contributed by atoms with Crippen LogP contribution in [0.1, 0.15) is 38.4 Å². The van der Waals surface area contributed by atoms with Gasteiger partial charge in [0.15, 0.2) is 0 Å². The molecule has 1 aromatic heterocycles. The Labute approximate surface area is 221 Å². The zero-order chi connectivity index (χ0) is 26.1. The number of aryl methyl sites for hydroxylation is 1. The Bertz CT molecular complexity index is 1390. The van der Waals surface area contributed by atoms with Crippen LogP contribution in [0.3, 0.4) is 0 Å². The van der Waals surface area contributed by atoms with Gasteiger partial charge in [-0.2, -0.15) is 0 Å². The molecule has 1 saturated heterocycles. The van der Waals surface area contributed by atoms with Crippen LogP contribution in [0, 0.1) is 13.8 Å². The van der Waals surface area contributed by atoms with Crippen molar-refractivity contribution < 1.29 is 14.3 Å². The number of aromatic nitrogens is 1. The first-order chi connectivity index (χ1) is 17.8. The van der Waals surface area contributed by atoms with Gasteiger partial charge in [0.25, 0.3) is 11.8 Å². The number of anilines is 1. The molecule has 0 unspecified atom stereocenters. The Morgan fingerprint density at radius 2 is 1.89 bits per heavy atom. The average Bonchev–Trinajstić information content (AvgIpc) is 3.36. The molecule has 37 heavy (non-hydrogen) atoms. The molecule has 0 radical (unpaired) electrons. The van der Waals surface area contributed by atoms with E-state index in [9.17, 15) is 9.59 Å². The van der Waals surface area contributed by atoms with E-state index in [-0.39, 0.29) is 11.8 Å². The molecule has 0 saturated carbocycles. The molecule has 3 aromatic rings. The Balaban J connectivity index is 1.39. The van der Waals surface area contributed by atoms with Crippen LogP contribution in [-0.4, -0.2) is 66.9 Å². The molecule has 2 aliphatic heterocycles. The van der Waals surface area contributed by atoms with E-state index in [0.29, 0.717) is 11.1 Å². The summed E-state index contributed by atoms with van der Waals surface area (Å²) in [5.41, 5.74) is 6.65. The minimum absolute atomic E-state index is 0.0523. The topological polar surface area (TPSA) is 77.7 Å². The lowest BCUT2D eigenvalue weighted by Crippen LogP contribution is -2.47. The minimum Gasteiger partial charge on any atom is -0.497 e. The number of piperazine rings is 1. The van der Waals surface area contributed by atoms with E-state index in [1.807, 2.05) is 55.2 Å². The second-order valence-electron chi connectivity index (χ2n) is 9.62. The normalized spacial score (nSPS) is 16.7. The van der Waals surface area contributed by atoms with Crippen molar-refractivity contribution in [1.29, 1.82) is 0 Å². The number of amides is 2. The predicted octanol–water partition coefficient (Wildman–Crippen LogP) is 4.81. The van der Waals surface area contributed by atoms with E-state index in [4.69, 9.17) is 4.74 Å². The van der Waals surface area contributed by atoms with Gasteiger partial charge in [-0.1, -0.05) is 12.1 Å². The van der Waals surface area contributed by atoms with Gasteiger partial charge in [-0.3, -0.25) is 9.59 Å². The van der Waals surface area contributed by atoms with Crippen molar-refractivity contribution >= 4 is 40.9 Å². The van der Waals surface area contributed by atoms with Gasteiger partial charge in [-0.25, -0.2) is 0 Å². The molecule has 2 aromatic carbocycles. The third kappa shape index (κ3) is 5.17. The molecule has 0 aliphatic carbocycles. The number of fused-ring (bicyclic) bond motifs is 1. The van der Waals surface area contributed by atoms with Gasteiger partial charge >= 0.3 is 0 Å². The van der Waals surface area contributed by atoms with Crippen LogP contribution < -0.4 is 10.1 Å². The van der Waals surface area contributed by atoms with Crippen LogP contribution in [0.5, 0.6) is 5.75 Å². The molecule has 1 fully saturated rings. The Morgan fingerprint density at radius 3 is 2.65 bits per heavy atom. The smallest absolute Gasteiger partial charge is 0.256 e. The van der Waals surface area contributed by atoms with Gasteiger partial charge in [-0.05, 0) is 68.4 Å². The van der Waals surface area contributed by atoms with E-state index in [1.54, 1.807) is 18.9 Å². The molecule has 0 spiro atoms. The van der Waals surface area contributed by atoms with E-state index in [0.717, 1.165) is 70.8 Å².